The highest BCUT2D eigenvalue weighted by Crippen LogP contribution is 2.46. The molecule has 0 radical (unpaired) electrons. The van der Waals surface area contributed by atoms with Crippen molar-refractivity contribution < 1.29 is 32.4 Å². The molecule has 0 unspecified atom stereocenters. The van der Waals surface area contributed by atoms with Crippen molar-refractivity contribution in [1.29, 1.82) is 0 Å². The van der Waals surface area contributed by atoms with Crippen LogP contribution in [0.25, 0.3) is 0 Å². The number of nitrogens with zero attached hydrogens (tertiary/aromatic N) is 4. The van der Waals surface area contributed by atoms with Crippen LogP contribution in [-0.4, -0.2) is 71.2 Å². The molecule has 17 heteroatoms. The highest BCUT2D eigenvalue weighted by atomic mass is 32.2. The number of benzene rings is 3. The van der Waals surface area contributed by atoms with E-state index in [1.54, 1.807) is 24.8 Å². The Labute approximate surface area is 330 Å². The van der Waals surface area contributed by atoms with Crippen LogP contribution in [0.2, 0.25) is 25.7 Å². The highest BCUT2D eigenvalue weighted by molar-refractivity contribution is 8.03. The number of fused-ring (bicyclic) bond motifs is 2. The minimum Gasteiger partial charge on any atom is -0.461 e. The number of carbonyl (C=O) groups is 2. The number of hydrogen-bond acceptors (Lipinski definition) is 13. The summed E-state index contributed by atoms with van der Waals surface area (Å²) in [5.74, 6) is -0.741. The van der Waals surface area contributed by atoms with Gasteiger partial charge < -0.3 is 19.3 Å². The normalized spacial score (nSPS) is 14.9. The molecule has 2 aliphatic heterocycles. The van der Waals surface area contributed by atoms with Gasteiger partial charge in [0.15, 0.2) is 16.6 Å². The number of non-ortho nitro benzene ring substituents is 1. The lowest BCUT2D eigenvalue weighted by molar-refractivity contribution is -0.385. The van der Waals surface area contributed by atoms with E-state index in [2.05, 4.69) is 34.2 Å². The Balaban J connectivity index is 1.20. The van der Waals surface area contributed by atoms with Crippen LogP contribution in [0.1, 0.15) is 43.8 Å². The molecule has 0 fully saturated rings. The minimum absolute atomic E-state index is 0.0858. The Morgan fingerprint density at radius 2 is 1.87 bits per heavy atom. The number of rotatable bonds is 16. The van der Waals surface area contributed by atoms with Crippen molar-refractivity contribution in [2.45, 2.75) is 61.8 Å². The highest BCUT2D eigenvalue weighted by Gasteiger charge is 2.30. The van der Waals surface area contributed by atoms with Crippen LogP contribution < -0.4 is 14.5 Å². The number of anilines is 2. The molecule has 13 nitrogen and oxygen atoms in total. The maximum Gasteiger partial charge on any atom is 0.358 e. The Morgan fingerprint density at radius 3 is 2.64 bits per heavy atom. The van der Waals surface area contributed by atoms with E-state index < -0.39 is 29.0 Å². The number of esters is 1. The van der Waals surface area contributed by atoms with Gasteiger partial charge in [-0.05, 0) is 55.1 Å². The van der Waals surface area contributed by atoms with Crippen molar-refractivity contribution in [2.75, 3.05) is 42.8 Å². The predicted molar refractivity (Wildman–Crippen MR) is 217 cm³/mol. The molecular formula is C38H43N5O8S3Si. The fraction of sp³-hybridized carbons (Fsp3) is 0.342. The number of nitro benzene ring substituents is 1. The Bertz CT molecular complexity index is 2240. The molecule has 290 valence electrons. The fourth-order valence-electron chi connectivity index (χ4n) is 6.14. The summed E-state index contributed by atoms with van der Waals surface area (Å²) >= 11 is 2.81. The third-order valence-electron chi connectivity index (χ3n) is 9.05. The summed E-state index contributed by atoms with van der Waals surface area (Å²) < 4.78 is 39.8. The number of para-hydroxylation sites is 1. The summed E-state index contributed by atoms with van der Waals surface area (Å²) in [6.45, 7) is 10.7. The molecule has 0 amide bonds. The second kappa shape index (κ2) is 17.2. The molecule has 2 aliphatic rings. The first kappa shape index (κ1) is 40.3. The Morgan fingerprint density at radius 1 is 1.09 bits per heavy atom. The van der Waals surface area contributed by atoms with Crippen LogP contribution in [0.3, 0.4) is 0 Å². The number of allylic oxidation sites excluding steroid dienone is 1. The van der Waals surface area contributed by atoms with Gasteiger partial charge >= 0.3 is 5.97 Å². The molecule has 1 aromatic heterocycles. The van der Waals surface area contributed by atoms with Gasteiger partial charge in [0.2, 0.25) is 10.0 Å². The number of nitrogens with one attached hydrogen (secondary N) is 1. The van der Waals surface area contributed by atoms with Crippen LogP contribution in [-0.2, 0) is 38.9 Å². The third-order valence-corrected chi connectivity index (χ3v) is 14.5. The summed E-state index contributed by atoms with van der Waals surface area (Å²) in [6, 6.07) is 19.7. The summed E-state index contributed by atoms with van der Waals surface area (Å²) in [4.78, 5) is 47.8. The van der Waals surface area contributed by atoms with Gasteiger partial charge in [-0.3, -0.25) is 14.9 Å². The van der Waals surface area contributed by atoms with Crippen LogP contribution in [0, 0.1) is 10.1 Å². The number of ether oxygens (including phenoxy) is 2. The second-order valence-corrected chi connectivity index (χ2v) is 23.7. The molecule has 0 spiro atoms. The number of hydrogen-bond donors (Lipinski definition) is 1. The number of nitro groups is 1. The van der Waals surface area contributed by atoms with Crippen molar-refractivity contribution in [3.8, 4) is 0 Å². The molecule has 0 atom stereocenters. The van der Waals surface area contributed by atoms with Gasteiger partial charge in [-0.15, -0.1) is 11.3 Å². The lowest BCUT2D eigenvalue weighted by Gasteiger charge is -2.29. The number of ketones is 1. The van der Waals surface area contributed by atoms with Crippen LogP contribution in [0.5, 0.6) is 0 Å². The lowest BCUT2D eigenvalue weighted by Crippen LogP contribution is -2.31. The lowest BCUT2D eigenvalue weighted by atomic mass is 9.93. The molecule has 1 N–H and O–H groups in total. The predicted octanol–water partition coefficient (Wildman–Crippen LogP) is 7.26. The average Bonchev–Trinajstić information content (AvgIpc) is 3.74. The molecule has 0 saturated heterocycles. The Kier molecular flexibility index (Phi) is 12.6. The molecule has 0 bridgehead atoms. The van der Waals surface area contributed by atoms with Crippen LogP contribution >= 0.6 is 23.1 Å². The van der Waals surface area contributed by atoms with Gasteiger partial charge in [-0.1, -0.05) is 67.8 Å². The topological polar surface area (TPSA) is 161 Å². The van der Waals surface area contributed by atoms with Crippen molar-refractivity contribution in [3.63, 3.8) is 0 Å². The first-order valence-electron chi connectivity index (χ1n) is 17.9. The molecule has 6 rings (SSSR count). The quantitative estimate of drug-likeness (QED) is 0.0230. The number of thiazole rings is 1. The van der Waals surface area contributed by atoms with E-state index in [0.717, 1.165) is 38.8 Å². The van der Waals surface area contributed by atoms with E-state index in [4.69, 9.17) is 9.47 Å². The summed E-state index contributed by atoms with van der Waals surface area (Å²) in [5.41, 5.74) is 3.30. The zero-order chi connectivity index (χ0) is 39.3. The van der Waals surface area contributed by atoms with Gasteiger partial charge in [-0.2, -0.15) is 0 Å². The van der Waals surface area contributed by atoms with E-state index in [9.17, 15) is 28.1 Å². The number of carbonyl (C=O) groups excluding carboxylic acids is 2. The molecular weight excluding hydrogens is 779 g/mol. The van der Waals surface area contributed by atoms with E-state index in [1.807, 2.05) is 47.4 Å². The SMILES string of the molecule is CCOC(=O)c1nc(N2CCc3cccc(C(=O)/C=C4/Sc5ccccc5N4COCC[Si](C)(C)C)c3C2)sc1CCNS(=O)(=O)c1cccc([N+](=O)[O-])c1. The maximum atomic E-state index is 14.1. The van der Waals surface area contributed by atoms with Crippen molar-refractivity contribution >= 4 is 69.5 Å². The van der Waals surface area contributed by atoms with Crippen molar-refractivity contribution in [1.82, 2.24) is 9.71 Å². The molecule has 4 aromatic rings. The van der Waals surface area contributed by atoms with Gasteiger partial charge in [0.1, 0.15) is 6.73 Å². The van der Waals surface area contributed by atoms with Crippen molar-refractivity contribution in [2.24, 2.45) is 0 Å². The largest absolute Gasteiger partial charge is 0.461 e. The van der Waals surface area contributed by atoms with Gasteiger partial charge in [-0.25, -0.2) is 22.9 Å². The molecule has 0 aliphatic carbocycles. The van der Waals surface area contributed by atoms with E-state index in [0.29, 0.717) is 48.4 Å². The third kappa shape index (κ3) is 9.71. The van der Waals surface area contributed by atoms with Gasteiger partial charge in [0.25, 0.3) is 5.69 Å². The van der Waals surface area contributed by atoms with Gasteiger partial charge in [0.05, 0.1) is 27.1 Å². The summed E-state index contributed by atoms with van der Waals surface area (Å²) in [6.07, 6.45) is 2.47. The van der Waals surface area contributed by atoms with Crippen molar-refractivity contribution in [3.05, 3.63) is 115 Å². The number of aromatic nitrogens is 1. The first-order chi connectivity index (χ1) is 26.2. The van der Waals surface area contributed by atoms with Gasteiger partial charge in [0, 0.05) is 67.9 Å². The smallest absolute Gasteiger partial charge is 0.358 e. The Hall–Kier alpha value is -4.39. The minimum atomic E-state index is -4.07. The standard InChI is InChI=1S/C38H43N5O8S3Si/c1-5-51-37(45)36-34(16-18-39-54(48,49)28-12-9-11-27(22-28)43(46)47)53-38(40-36)41-19-17-26-10-8-13-29(30(26)24-41)32(44)23-35-42(25-50-20-21-55(2,3)4)31-14-6-7-15-33(31)52-35/h6-15,22-23,39H,5,16-21,24-25H2,1-4H3/b35-23+. The van der Waals surface area contributed by atoms with Crippen LogP contribution in [0.4, 0.5) is 16.5 Å². The molecule has 55 heavy (non-hydrogen) atoms. The zero-order valence-electron chi connectivity index (χ0n) is 31.1. The van der Waals surface area contributed by atoms with E-state index in [1.165, 1.54) is 29.5 Å². The summed E-state index contributed by atoms with van der Waals surface area (Å²) in [7, 11) is -5.34. The number of sulfonamides is 1. The monoisotopic (exact) mass is 821 g/mol. The molecule has 3 heterocycles. The average molecular weight is 822 g/mol. The summed E-state index contributed by atoms with van der Waals surface area (Å²) in [5, 5.41) is 12.5. The number of thioether (sulfide) groups is 1. The van der Waals surface area contributed by atoms with E-state index >= 15 is 0 Å². The van der Waals surface area contributed by atoms with Crippen LogP contribution in [0.15, 0.2) is 87.6 Å². The zero-order valence-corrected chi connectivity index (χ0v) is 34.5. The fourth-order valence-corrected chi connectivity index (χ4v) is 10.1. The molecule has 0 saturated carbocycles. The van der Waals surface area contributed by atoms with E-state index in [-0.39, 0.29) is 41.6 Å². The maximum absolute atomic E-state index is 14.1. The first-order valence-corrected chi connectivity index (χ1v) is 24.7. The second-order valence-electron chi connectivity index (χ2n) is 14.2. The molecule has 3 aromatic carbocycles.